The Labute approximate surface area is 265 Å². The molecule has 246 valence electrons. The van der Waals surface area contributed by atoms with Crippen molar-refractivity contribution in [3.8, 4) is 11.1 Å². The van der Waals surface area contributed by atoms with Gasteiger partial charge < -0.3 is 25.0 Å². The molecule has 0 saturated carbocycles. The number of benzene rings is 2. The lowest BCUT2D eigenvalue weighted by molar-refractivity contribution is -0.137. The highest BCUT2D eigenvalue weighted by atomic mass is 31.2. The first-order chi connectivity index (χ1) is 21.8. The summed E-state index contributed by atoms with van der Waals surface area (Å²) in [6, 6.07) is 11.5. The molecule has 2 heterocycles. The van der Waals surface area contributed by atoms with E-state index in [-0.39, 0.29) is 36.6 Å². The molecular formula is C31H37F3N7O4P. The lowest BCUT2D eigenvalue weighted by atomic mass is 10.0. The zero-order valence-corrected chi connectivity index (χ0v) is 27.1. The van der Waals surface area contributed by atoms with Gasteiger partial charge in [0, 0.05) is 37.2 Å². The monoisotopic (exact) mass is 659 g/mol. The van der Waals surface area contributed by atoms with Crippen molar-refractivity contribution in [3.05, 3.63) is 77.7 Å². The van der Waals surface area contributed by atoms with Gasteiger partial charge in [-0.25, -0.2) is 4.98 Å². The number of nitrogens with zero attached hydrogens (tertiary/aromatic N) is 4. The van der Waals surface area contributed by atoms with Crippen molar-refractivity contribution in [2.24, 2.45) is 5.92 Å². The molecule has 15 heteroatoms. The highest BCUT2D eigenvalue weighted by molar-refractivity contribution is 7.53. The van der Waals surface area contributed by atoms with E-state index in [4.69, 9.17) is 9.05 Å². The van der Waals surface area contributed by atoms with E-state index in [1.165, 1.54) is 13.1 Å². The summed E-state index contributed by atoms with van der Waals surface area (Å²) in [6.45, 7) is 8.77. The average Bonchev–Trinajstić information content (AvgIpc) is 3.45. The number of carbonyl (C=O) groups is 1. The zero-order valence-electron chi connectivity index (χ0n) is 26.2. The van der Waals surface area contributed by atoms with Crippen molar-refractivity contribution in [1.82, 2.24) is 25.1 Å². The summed E-state index contributed by atoms with van der Waals surface area (Å²) in [7, 11) is -1.88. The Bertz CT molecular complexity index is 1680. The summed E-state index contributed by atoms with van der Waals surface area (Å²) in [5.74, 6) is -0.785. The maximum atomic E-state index is 14.0. The van der Waals surface area contributed by atoms with Gasteiger partial charge in [-0.05, 0) is 55.2 Å². The quantitative estimate of drug-likeness (QED) is 0.117. The van der Waals surface area contributed by atoms with E-state index >= 15 is 0 Å². The number of rotatable bonds is 14. The van der Waals surface area contributed by atoms with Gasteiger partial charge >= 0.3 is 13.8 Å². The second-order valence-corrected chi connectivity index (χ2v) is 12.7. The molecule has 11 nitrogen and oxygen atoms in total. The summed E-state index contributed by atoms with van der Waals surface area (Å²) in [4.78, 5) is 20.8. The standard InChI is InChI=1S/C31H37F3N7O4P/c1-6-44-46(43,45-7-2)19-21-8-11-24(12-9-21)38-30-36-16-26(31(32,33)34)28(40-30)39-27-13-10-22(14-25(27)29(42)35-5)23-15-37-41(18-23)17-20(3)4/h8-16,18,20H,6-7,17,19H2,1-5H3,(H,35,42)(H2,36,38,39,40). The molecule has 4 rings (SSSR count). The van der Waals surface area contributed by atoms with Crippen LogP contribution in [0.25, 0.3) is 11.1 Å². The van der Waals surface area contributed by atoms with Crippen molar-refractivity contribution in [1.29, 1.82) is 0 Å². The number of carbonyl (C=O) groups excluding carboxylic acids is 1. The summed E-state index contributed by atoms with van der Waals surface area (Å²) < 4.78 is 67.4. The minimum Gasteiger partial charge on any atom is -0.355 e. The van der Waals surface area contributed by atoms with E-state index in [0.717, 1.165) is 5.56 Å². The van der Waals surface area contributed by atoms with Gasteiger partial charge in [-0.15, -0.1) is 0 Å². The number of aromatic nitrogens is 4. The van der Waals surface area contributed by atoms with Gasteiger partial charge in [0.1, 0.15) is 11.4 Å². The summed E-state index contributed by atoms with van der Waals surface area (Å²) >= 11 is 0. The second-order valence-electron chi connectivity index (χ2n) is 10.7. The third kappa shape index (κ3) is 8.93. The maximum absolute atomic E-state index is 14.0. The molecule has 0 aliphatic heterocycles. The molecule has 0 radical (unpaired) electrons. The molecule has 0 spiro atoms. The summed E-state index contributed by atoms with van der Waals surface area (Å²) in [5.41, 5.74) is 1.71. The predicted molar refractivity (Wildman–Crippen MR) is 170 cm³/mol. The first kappa shape index (κ1) is 34.6. The van der Waals surface area contributed by atoms with Crippen LogP contribution in [0.3, 0.4) is 0 Å². The fourth-order valence-electron chi connectivity index (χ4n) is 4.58. The molecule has 3 N–H and O–H groups in total. The van der Waals surface area contributed by atoms with Crippen molar-refractivity contribution < 1.29 is 31.6 Å². The van der Waals surface area contributed by atoms with Crippen LogP contribution in [0.15, 0.2) is 61.1 Å². The number of nitrogens with one attached hydrogen (secondary N) is 3. The van der Waals surface area contributed by atoms with E-state index < -0.39 is 31.1 Å². The van der Waals surface area contributed by atoms with Crippen molar-refractivity contribution in [2.75, 3.05) is 30.9 Å². The highest BCUT2D eigenvalue weighted by Crippen LogP contribution is 2.51. The van der Waals surface area contributed by atoms with Crippen LogP contribution in [0.4, 0.5) is 36.3 Å². The molecule has 2 aromatic heterocycles. The molecule has 0 aliphatic rings. The molecule has 4 aromatic rings. The number of amides is 1. The lowest BCUT2D eigenvalue weighted by Gasteiger charge is -2.18. The van der Waals surface area contributed by atoms with Gasteiger partial charge in [-0.3, -0.25) is 14.0 Å². The van der Waals surface area contributed by atoms with Crippen LogP contribution in [0, 0.1) is 5.92 Å². The first-order valence-electron chi connectivity index (χ1n) is 14.7. The van der Waals surface area contributed by atoms with Crippen LogP contribution in [0.5, 0.6) is 0 Å². The third-order valence-electron chi connectivity index (χ3n) is 6.60. The van der Waals surface area contributed by atoms with E-state index in [1.807, 2.05) is 6.20 Å². The van der Waals surface area contributed by atoms with Crippen LogP contribution >= 0.6 is 7.60 Å². The Morgan fingerprint density at radius 2 is 1.70 bits per heavy atom. The van der Waals surface area contributed by atoms with Crippen LogP contribution in [0.2, 0.25) is 0 Å². The van der Waals surface area contributed by atoms with Gasteiger partial charge in [0.15, 0.2) is 0 Å². The Balaban J connectivity index is 1.62. The van der Waals surface area contributed by atoms with Crippen molar-refractivity contribution in [2.45, 2.75) is 46.6 Å². The largest absolute Gasteiger partial charge is 0.421 e. The summed E-state index contributed by atoms with van der Waals surface area (Å²) in [5, 5.41) is 12.5. The van der Waals surface area contributed by atoms with Crippen LogP contribution in [-0.2, 0) is 32.5 Å². The van der Waals surface area contributed by atoms with Crippen LogP contribution in [0.1, 0.15) is 49.2 Å². The number of hydrogen-bond donors (Lipinski definition) is 3. The molecule has 0 bridgehead atoms. The Hall–Kier alpha value is -4.26. The maximum Gasteiger partial charge on any atom is 0.421 e. The lowest BCUT2D eigenvalue weighted by Crippen LogP contribution is -2.20. The van der Waals surface area contributed by atoms with Gasteiger partial charge in [0.2, 0.25) is 5.95 Å². The van der Waals surface area contributed by atoms with E-state index in [0.29, 0.717) is 35.5 Å². The van der Waals surface area contributed by atoms with Crippen molar-refractivity contribution >= 4 is 36.6 Å². The van der Waals surface area contributed by atoms with E-state index in [9.17, 15) is 22.5 Å². The Kier molecular flexibility index (Phi) is 11.2. The minimum atomic E-state index is -4.78. The fraction of sp³-hybridized carbons (Fsp3) is 0.355. The highest BCUT2D eigenvalue weighted by Gasteiger charge is 2.36. The molecule has 0 fully saturated rings. The second kappa shape index (κ2) is 14.9. The Morgan fingerprint density at radius 3 is 2.30 bits per heavy atom. The molecule has 0 aliphatic carbocycles. The van der Waals surface area contributed by atoms with Gasteiger partial charge in [0.25, 0.3) is 5.91 Å². The SMILES string of the molecule is CCOP(=O)(Cc1ccc(Nc2ncc(C(F)(F)F)c(Nc3ccc(-c4cnn(CC(C)C)c4)cc3C(=O)NC)n2)cc1)OCC. The number of halogens is 3. The first-order valence-corrected chi connectivity index (χ1v) is 16.4. The molecule has 46 heavy (non-hydrogen) atoms. The molecular weight excluding hydrogens is 622 g/mol. The van der Waals surface area contributed by atoms with E-state index in [1.54, 1.807) is 61.1 Å². The molecule has 2 aromatic carbocycles. The molecule has 0 saturated heterocycles. The predicted octanol–water partition coefficient (Wildman–Crippen LogP) is 7.63. The van der Waals surface area contributed by atoms with Gasteiger partial charge in [0.05, 0.1) is 36.8 Å². The summed E-state index contributed by atoms with van der Waals surface area (Å²) in [6.07, 6.45) is -0.527. The molecule has 0 atom stereocenters. The van der Waals surface area contributed by atoms with E-state index in [2.05, 4.69) is 44.9 Å². The third-order valence-corrected chi connectivity index (χ3v) is 8.65. The number of anilines is 4. The van der Waals surface area contributed by atoms with Crippen molar-refractivity contribution in [3.63, 3.8) is 0 Å². The average molecular weight is 660 g/mol. The Morgan fingerprint density at radius 1 is 1.00 bits per heavy atom. The van der Waals surface area contributed by atoms with Gasteiger partial charge in [-0.1, -0.05) is 32.0 Å². The van der Waals surface area contributed by atoms with Crippen LogP contribution < -0.4 is 16.0 Å². The molecule has 0 unspecified atom stereocenters. The fourth-order valence-corrected chi connectivity index (χ4v) is 6.28. The van der Waals surface area contributed by atoms with Crippen LogP contribution in [-0.4, -0.2) is 45.9 Å². The topological polar surface area (TPSA) is 132 Å². The zero-order chi connectivity index (χ0) is 33.5. The normalized spacial score (nSPS) is 11.9. The smallest absolute Gasteiger partial charge is 0.355 e. The van der Waals surface area contributed by atoms with Gasteiger partial charge in [-0.2, -0.15) is 23.3 Å². The molecule has 1 amide bonds. The number of alkyl halides is 3. The minimum absolute atomic E-state index is 0.0621. The number of hydrogen-bond acceptors (Lipinski definition) is 9.